The number of rotatable bonds is 4. The van der Waals surface area contributed by atoms with Crippen LogP contribution in [0.25, 0.3) is 27.2 Å². The van der Waals surface area contributed by atoms with Gasteiger partial charge in [0.25, 0.3) is 0 Å². The Morgan fingerprint density at radius 1 is 1.04 bits per heavy atom. The van der Waals surface area contributed by atoms with E-state index in [2.05, 4.69) is 42.4 Å². The fourth-order valence-corrected chi connectivity index (χ4v) is 4.38. The zero-order chi connectivity index (χ0) is 19.1. The molecule has 138 valence electrons. The van der Waals surface area contributed by atoms with Crippen molar-refractivity contribution >= 4 is 27.3 Å². The average Bonchev–Trinajstić information content (AvgIpc) is 3.26. The summed E-state index contributed by atoms with van der Waals surface area (Å²) < 4.78 is 7.43. The van der Waals surface area contributed by atoms with Crippen molar-refractivity contribution in [2.45, 2.75) is 19.8 Å². The molecule has 5 rings (SSSR count). The van der Waals surface area contributed by atoms with Crippen molar-refractivity contribution in [3.63, 3.8) is 0 Å². The monoisotopic (exact) mass is 386 g/mol. The van der Waals surface area contributed by atoms with Gasteiger partial charge in [0.2, 0.25) is 0 Å². The van der Waals surface area contributed by atoms with Gasteiger partial charge in [-0.3, -0.25) is 4.40 Å². The van der Waals surface area contributed by atoms with Crippen LogP contribution in [-0.4, -0.2) is 9.38 Å². The predicted molar refractivity (Wildman–Crippen MR) is 113 cm³/mol. The van der Waals surface area contributed by atoms with Gasteiger partial charge >= 0.3 is 5.63 Å². The molecular weight excluding hydrogens is 368 g/mol. The minimum atomic E-state index is -0.360. The van der Waals surface area contributed by atoms with Gasteiger partial charge in [0, 0.05) is 29.1 Å². The van der Waals surface area contributed by atoms with Crippen LogP contribution < -0.4 is 5.63 Å². The molecule has 0 spiro atoms. The molecule has 0 aliphatic rings. The summed E-state index contributed by atoms with van der Waals surface area (Å²) in [5, 5.41) is 0.893. The molecule has 0 aliphatic heterocycles. The van der Waals surface area contributed by atoms with Crippen LogP contribution in [0.3, 0.4) is 0 Å². The van der Waals surface area contributed by atoms with Crippen LogP contribution in [0.15, 0.2) is 76.2 Å². The highest BCUT2D eigenvalue weighted by atomic mass is 32.1. The second-order valence-electron chi connectivity index (χ2n) is 6.85. The van der Waals surface area contributed by atoms with Gasteiger partial charge in [-0.2, -0.15) is 0 Å². The summed E-state index contributed by atoms with van der Waals surface area (Å²) in [5.74, 6) is 0. The number of aryl methyl sites for hydroxylation is 1. The van der Waals surface area contributed by atoms with E-state index in [-0.39, 0.29) is 5.63 Å². The quantitative estimate of drug-likeness (QED) is 0.393. The first-order chi connectivity index (χ1) is 13.7. The normalized spacial score (nSPS) is 11.5. The Bertz CT molecular complexity index is 1310. The molecule has 5 heteroatoms. The summed E-state index contributed by atoms with van der Waals surface area (Å²) in [6.45, 7) is 2.16. The first kappa shape index (κ1) is 17.0. The molecule has 0 saturated carbocycles. The SMILES string of the molecule is CCc1ccc(Cc2cn3cc(-c4cc5ccccc5oc4=O)nc3s2)cc1. The zero-order valence-electron chi connectivity index (χ0n) is 15.4. The molecule has 3 aromatic heterocycles. The van der Waals surface area contributed by atoms with Crippen LogP contribution in [0.5, 0.6) is 0 Å². The Balaban J connectivity index is 1.47. The van der Waals surface area contributed by atoms with E-state index >= 15 is 0 Å². The largest absolute Gasteiger partial charge is 0.422 e. The van der Waals surface area contributed by atoms with E-state index in [1.54, 1.807) is 17.4 Å². The first-order valence-electron chi connectivity index (χ1n) is 9.28. The van der Waals surface area contributed by atoms with Crippen molar-refractivity contribution in [3.05, 3.63) is 93.4 Å². The molecule has 0 saturated heterocycles. The molecule has 0 bridgehead atoms. The van der Waals surface area contributed by atoms with Crippen molar-refractivity contribution < 1.29 is 4.42 Å². The van der Waals surface area contributed by atoms with E-state index < -0.39 is 0 Å². The number of nitrogens with zero attached hydrogens (tertiary/aromatic N) is 2. The molecule has 0 amide bonds. The number of benzene rings is 2. The fraction of sp³-hybridized carbons (Fsp3) is 0.130. The van der Waals surface area contributed by atoms with Crippen LogP contribution in [0.1, 0.15) is 22.9 Å². The van der Waals surface area contributed by atoms with Gasteiger partial charge < -0.3 is 4.42 Å². The Kier molecular flexibility index (Phi) is 4.10. The van der Waals surface area contributed by atoms with Crippen molar-refractivity contribution in [1.82, 2.24) is 9.38 Å². The minimum absolute atomic E-state index is 0.360. The maximum atomic E-state index is 12.4. The molecule has 0 aliphatic carbocycles. The lowest BCUT2D eigenvalue weighted by atomic mass is 10.1. The third-order valence-electron chi connectivity index (χ3n) is 4.93. The second-order valence-corrected chi connectivity index (χ2v) is 7.94. The van der Waals surface area contributed by atoms with Gasteiger partial charge in [-0.25, -0.2) is 9.78 Å². The molecule has 28 heavy (non-hydrogen) atoms. The summed E-state index contributed by atoms with van der Waals surface area (Å²) in [7, 11) is 0. The number of imidazole rings is 1. The summed E-state index contributed by atoms with van der Waals surface area (Å²) in [4.78, 5) is 19.2. The molecule has 2 aromatic carbocycles. The molecule has 0 atom stereocenters. The lowest BCUT2D eigenvalue weighted by molar-refractivity contribution is 0.563. The van der Waals surface area contributed by atoms with E-state index in [4.69, 9.17) is 4.42 Å². The number of para-hydroxylation sites is 1. The average molecular weight is 386 g/mol. The van der Waals surface area contributed by atoms with Gasteiger partial charge in [0.05, 0.1) is 11.3 Å². The molecule has 0 radical (unpaired) electrons. The highest BCUT2D eigenvalue weighted by Gasteiger charge is 2.13. The Morgan fingerprint density at radius 2 is 1.82 bits per heavy atom. The van der Waals surface area contributed by atoms with Crippen LogP contribution in [0.4, 0.5) is 0 Å². The summed E-state index contributed by atoms with van der Waals surface area (Å²) in [6.07, 6.45) is 5.92. The number of thiazole rings is 1. The van der Waals surface area contributed by atoms with Crippen molar-refractivity contribution in [1.29, 1.82) is 0 Å². The molecule has 5 aromatic rings. The van der Waals surface area contributed by atoms with Crippen molar-refractivity contribution in [2.24, 2.45) is 0 Å². The van der Waals surface area contributed by atoms with E-state index in [9.17, 15) is 4.79 Å². The standard InChI is InChI=1S/C23H18N2O2S/c1-2-15-7-9-16(10-8-15)11-18-13-25-14-20(24-23(25)28-18)19-12-17-5-3-4-6-21(17)27-22(19)26/h3-10,12-14H,2,11H2,1H3. The Hall–Kier alpha value is -3.18. The van der Waals surface area contributed by atoms with E-state index in [0.717, 1.165) is 23.2 Å². The summed E-state index contributed by atoms with van der Waals surface area (Å²) in [5.41, 5.74) is 4.01. The lowest BCUT2D eigenvalue weighted by Gasteiger charge is -2.00. The molecule has 3 heterocycles. The lowest BCUT2D eigenvalue weighted by Crippen LogP contribution is -2.02. The van der Waals surface area contributed by atoms with Gasteiger partial charge in [0.15, 0.2) is 4.96 Å². The first-order valence-corrected chi connectivity index (χ1v) is 10.1. The minimum Gasteiger partial charge on any atom is -0.422 e. The Labute approximate surface area is 165 Å². The van der Waals surface area contributed by atoms with Gasteiger partial charge in [-0.05, 0) is 29.7 Å². The van der Waals surface area contributed by atoms with Gasteiger partial charge in [-0.15, -0.1) is 11.3 Å². The van der Waals surface area contributed by atoms with Crippen molar-refractivity contribution in [2.75, 3.05) is 0 Å². The maximum absolute atomic E-state index is 12.4. The second kappa shape index (κ2) is 6.77. The number of fused-ring (bicyclic) bond motifs is 2. The van der Waals surface area contributed by atoms with Crippen LogP contribution >= 0.6 is 11.3 Å². The van der Waals surface area contributed by atoms with Crippen LogP contribution in [-0.2, 0) is 12.8 Å². The van der Waals surface area contributed by atoms with Crippen molar-refractivity contribution in [3.8, 4) is 11.3 Å². The van der Waals surface area contributed by atoms with Gasteiger partial charge in [-0.1, -0.05) is 49.4 Å². The molecule has 0 unspecified atom stereocenters. The molecule has 0 fully saturated rings. The zero-order valence-corrected chi connectivity index (χ0v) is 16.2. The summed E-state index contributed by atoms with van der Waals surface area (Å²) in [6, 6.07) is 18.1. The Morgan fingerprint density at radius 3 is 2.61 bits per heavy atom. The third kappa shape index (κ3) is 3.04. The smallest absolute Gasteiger partial charge is 0.345 e. The predicted octanol–water partition coefficient (Wildman–Crippen LogP) is 5.32. The molecular formula is C23H18N2O2S. The number of hydrogen-bond donors (Lipinski definition) is 0. The third-order valence-corrected chi connectivity index (χ3v) is 5.93. The maximum Gasteiger partial charge on any atom is 0.345 e. The highest BCUT2D eigenvalue weighted by molar-refractivity contribution is 7.17. The summed E-state index contributed by atoms with van der Waals surface area (Å²) >= 11 is 1.65. The topological polar surface area (TPSA) is 47.5 Å². The molecule has 4 nitrogen and oxygen atoms in total. The molecule has 0 N–H and O–H groups in total. The number of aromatic nitrogens is 2. The highest BCUT2D eigenvalue weighted by Crippen LogP contribution is 2.26. The number of hydrogen-bond acceptors (Lipinski definition) is 4. The van der Waals surface area contributed by atoms with E-state index in [1.165, 1.54) is 16.0 Å². The van der Waals surface area contributed by atoms with Crippen LogP contribution in [0.2, 0.25) is 0 Å². The van der Waals surface area contributed by atoms with E-state index in [1.807, 2.05) is 34.9 Å². The van der Waals surface area contributed by atoms with Crippen LogP contribution in [0, 0.1) is 0 Å². The van der Waals surface area contributed by atoms with Gasteiger partial charge in [0.1, 0.15) is 5.58 Å². The fourth-order valence-electron chi connectivity index (χ4n) is 3.39. The van der Waals surface area contributed by atoms with E-state index in [0.29, 0.717) is 16.8 Å².